The van der Waals surface area contributed by atoms with Crippen molar-refractivity contribution < 1.29 is 17.2 Å². The molecule has 0 saturated carbocycles. The molecule has 1 saturated heterocycles. The molecule has 2 aromatic carbocycles. The highest BCUT2D eigenvalue weighted by atomic mass is 32.2. The lowest BCUT2D eigenvalue weighted by Gasteiger charge is -2.35. The normalized spacial score (nSPS) is 16.4. The second kappa shape index (κ2) is 6.49. The summed E-state index contributed by atoms with van der Waals surface area (Å²) in [5.74, 6) is -1.79. The molecule has 0 amide bonds. The number of anilines is 1. The maximum Gasteiger partial charge on any atom is 0.243 e. The van der Waals surface area contributed by atoms with Crippen molar-refractivity contribution in [2.24, 2.45) is 0 Å². The minimum atomic E-state index is -3.53. The fourth-order valence-electron chi connectivity index (χ4n) is 2.79. The molecule has 0 N–H and O–H groups in total. The summed E-state index contributed by atoms with van der Waals surface area (Å²) in [5, 5.41) is 0. The van der Waals surface area contributed by atoms with E-state index in [-0.39, 0.29) is 4.90 Å². The number of sulfonamides is 1. The minimum Gasteiger partial charge on any atom is -0.369 e. The standard InChI is InChI=1S/C17H18F2N2O2S/c1-13-3-2-4-15(11-13)24(22,23)21-9-7-20(8-10-21)14-5-6-16(18)17(19)12-14/h2-6,11-12H,7-10H2,1H3. The Bertz CT molecular complexity index is 847. The first-order valence-electron chi connectivity index (χ1n) is 7.65. The van der Waals surface area contributed by atoms with Crippen molar-refractivity contribution in [3.05, 3.63) is 59.7 Å². The van der Waals surface area contributed by atoms with Crippen LogP contribution in [0.2, 0.25) is 0 Å². The van der Waals surface area contributed by atoms with Gasteiger partial charge in [0.15, 0.2) is 11.6 Å². The van der Waals surface area contributed by atoms with Gasteiger partial charge in [-0.2, -0.15) is 4.31 Å². The molecule has 0 spiro atoms. The second-order valence-electron chi connectivity index (χ2n) is 5.81. The van der Waals surface area contributed by atoms with Crippen LogP contribution >= 0.6 is 0 Å². The topological polar surface area (TPSA) is 40.6 Å². The highest BCUT2D eigenvalue weighted by Crippen LogP contribution is 2.23. The molecular weight excluding hydrogens is 334 g/mol. The van der Waals surface area contributed by atoms with E-state index in [1.807, 2.05) is 17.9 Å². The molecule has 0 unspecified atom stereocenters. The summed E-state index contributed by atoms with van der Waals surface area (Å²) < 4.78 is 53.2. The van der Waals surface area contributed by atoms with Crippen LogP contribution in [0.25, 0.3) is 0 Å². The molecule has 7 heteroatoms. The van der Waals surface area contributed by atoms with Crippen LogP contribution in [0, 0.1) is 18.6 Å². The van der Waals surface area contributed by atoms with E-state index >= 15 is 0 Å². The molecule has 0 aromatic heterocycles. The van der Waals surface area contributed by atoms with Gasteiger partial charge >= 0.3 is 0 Å². The van der Waals surface area contributed by atoms with E-state index in [0.717, 1.165) is 17.7 Å². The van der Waals surface area contributed by atoms with E-state index in [1.54, 1.807) is 18.2 Å². The summed E-state index contributed by atoms with van der Waals surface area (Å²) in [6.07, 6.45) is 0. The average molecular weight is 352 g/mol. The SMILES string of the molecule is Cc1cccc(S(=O)(=O)N2CCN(c3ccc(F)c(F)c3)CC2)c1. The summed E-state index contributed by atoms with van der Waals surface area (Å²) in [7, 11) is -3.53. The Morgan fingerprint density at radius 3 is 2.25 bits per heavy atom. The van der Waals surface area contributed by atoms with Crippen LogP contribution in [-0.2, 0) is 10.0 Å². The molecular formula is C17H18F2N2O2S. The van der Waals surface area contributed by atoms with Gasteiger partial charge in [0.05, 0.1) is 4.90 Å². The largest absolute Gasteiger partial charge is 0.369 e. The predicted octanol–water partition coefficient (Wildman–Crippen LogP) is 2.78. The maximum absolute atomic E-state index is 13.4. The molecule has 0 bridgehead atoms. The number of benzene rings is 2. The molecule has 2 aromatic rings. The Hall–Kier alpha value is -1.99. The zero-order chi connectivity index (χ0) is 17.3. The number of halogens is 2. The number of aryl methyl sites for hydroxylation is 1. The molecule has 0 radical (unpaired) electrons. The van der Waals surface area contributed by atoms with Gasteiger partial charge in [-0.1, -0.05) is 12.1 Å². The van der Waals surface area contributed by atoms with E-state index in [9.17, 15) is 17.2 Å². The molecule has 1 aliphatic rings. The predicted molar refractivity (Wildman–Crippen MR) is 88.5 cm³/mol. The van der Waals surface area contributed by atoms with Gasteiger partial charge in [0.25, 0.3) is 0 Å². The third-order valence-corrected chi connectivity index (χ3v) is 6.03. The van der Waals surface area contributed by atoms with E-state index in [2.05, 4.69) is 0 Å². The Labute approximate surface area is 140 Å². The lowest BCUT2D eigenvalue weighted by atomic mass is 10.2. The molecule has 1 aliphatic heterocycles. The van der Waals surface area contributed by atoms with Gasteiger partial charge in [-0.25, -0.2) is 17.2 Å². The molecule has 0 atom stereocenters. The van der Waals surface area contributed by atoms with Crippen LogP contribution < -0.4 is 4.90 Å². The first-order valence-corrected chi connectivity index (χ1v) is 9.09. The highest BCUT2D eigenvalue weighted by molar-refractivity contribution is 7.89. The Morgan fingerprint density at radius 2 is 1.62 bits per heavy atom. The molecule has 24 heavy (non-hydrogen) atoms. The first-order chi connectivity index (χ1) is 11.4. The van der Waals surface area contributed by atoms with Crippen molar-refractivity contribution in [3.63, 3.8) is 0 Å². The fourth-order valence-corrected chi connectivity index (χ4v) is 4.32. The number of hydrogen-bond acceptors (Lipinski definition) is 3. The van der Waals surface area contributed by atoms with Gasteiger partial charge in [0, 0.05) is 37.9 Å². The maximum atomic E-state index is 13.4. The lowest BCUT2D eigenvalue weighted by Crippen LogP contribution is -2.48. The summed E-state index contributed by atoms with van der Waals surface area (Å²) in [5.41, 5.74) is 1.44. The summed E-state index contributed by atoms with van der Waals surface area (Å²) in [6.45, 7) is 3.30. The van der Waals surface area contributed by atoms with Crippen molar-refractivity contribution in [2.45, 2.75) is 11.8 Å². The molecule has 1 heterocycles. The van der Waals surface area contributed by atoms with E-state index in [4.69, 9.17) is 0 Å². The quantitative estimate of drug-likeness (QED) is 0.853. The summed E-state index contributed by atoms with van der Waals surface area (Å²) >= 11 is 0. The van der Waals surface area contributed by atoms with E-state index < -0.39 is 21.7 Å². The third kappa shape index (κ3) is 3.27. The lowest BCUT2D eigenvalue weighted by molar-refractivity contribution is 0.384. The van der Waals surface area contributed by atoms with E-state index in [1.165, 1.54) is 10.4 Å². The second-order valence-corrected chi connectivity index (χ2v) is 7.74. The van der Waals surface area contributed by atoms with Crippen LogP contribution in [0.5, 0.6) is 0 Å². The fraction of sp³-hybridized carbons (Fsp3) is 0.294. The Kier molecular flexibility index (Phi) is 4.56. The molecule has 1 fully saturated rings. The number of nitrogens with zero attached hydrogens (tertiary/aromatic N) is 2. The highest BCUT2D eigenvalue weighted by Gasteiger charge is 2.28. The van der Waals surface area contributed by atoms with Crippen molar-refractivity contribution in [3.8, 4) is 0 Å². The van der Waals surface area contributed by atoms with Crippen LogP contribution in [0.15, 0.2) is 47.4 Å². The first kappa shape index (κ1) is 16.9. The zero-order valence-electron chi connectivity index (χ0n) is 13.2. The van der Waals surface area contributed by atoms with Gasteiger partial charge in [0.1, 0.15) is 0 Å². The monoisotopic (exact) mass is 352 g/mol. The third-order valence-electron chi connectivity index (χ3n) is 4.13. The number of rotatable bonds is 3. The summed E-state index contributed by atoms with van der Waals surface area (Å²) in [4.78, 5) is 2.13. The Balaban J connectivity index is 1.73. The van der Waals surface area contributed by atoms with Gasteiger partial charge in [-0.3, -0.25) is 0 Å². The van der Waals surface area contributed by atoms with Crippen molar-refractivity contribution >= 4 is 15.7 Å². The molecule has 0 aliphatic carbocycles. The van der Waals surface area contributed by atoms with Crippen LogP contribution in [0.3, 0.4) is 0 Å². The van der Waals surface area contributed by atoms with Crippen molar-refractivity contribution in [1.82, 2.24) is 4.31 Å². The number of hydrogen-bond donors (Lipinski definition) is 0. The average Bonchev–Trinajstić information content (AvgIpc) is 2.57. The van der Waals surface area contributed by atoms with Gasteiger partial charge in [0.2, 0.25) is 10.0 Å². The number of piperazine rings is 1. The van der Waals surface area contributed by atoms with E-state index in [0.29, 0.717) is 31.9 Å². The van der Waals surface area contributed by atoms with Gasteiger partial charge in [-0.15, -0.1) is 0 Å². The van der Waals surface area contributed by atoms with Crippen LogP contribution in [-0.4, -0.2) is 38.9 Å². The Morgan fingerprint density at radius 1 is 0.917 bits per heavy atom. The van der Waals surface area contributed by atoms with Crippen LogP contribution in [0.1, 0.15) is 5.56 Å². The zero-order valence-corrected chi connectivity index (χ0v) is 14.1. The molecule has 4 nitrogen and oxygen atoms in total. The van der Waals surface area contributed by atoms with Crippen LogP contribution in [0.4, 0.5) is 14.5 Å². The summed E-state index contributed by atoms with van der Waals surface area (Å²) in [6, 6.07) is 10.5. The van der Waals surface area contributed by atoms with Gasteiger partial charge in [-0.05, 0) is 36.8 Å². The van der Waals surface area contributed by atoms with Crippen molar-refractivity contribution in [2.75, 3.05) is 31.1 Å². The van der Waals surface area contributed by atoms with Gasteiger partial charge < -0.3 is 4.90 Å². The van der Waals surface area contributed by atoms with Crippen molar-refractivity contribution in [1.29, 1.82) is 0 Å². The molecule has 128 valence electrons. The smallest absolute Gasteiger partial charge is 0.243 e. The minimum absolute atomic E-state index is 0.281. The molecule has 3 rings (SSSR count).